The maximum Gasteiger partial charge on any atom is 0.335 e. The topological polar surface area (TPSA) is 66.5 Å². The molecule has 0 saturated carbocycles. The van der Waals surface area contributed by atoms with Gasteiger partial charge in [0, 0.05) is 4.88 Å². The zero-order valence-electron chi connectivity index (χ0n) is 12.6. The summed E-state index contributed by atoms with van der Waals surface area (Å²) in [6.07, 6.45) is 1.50. The highest BCUT2D eigenvalue weighted by atomic mass is 32.1. The van der Waals surface area contributed by atoms with Crippen LogP contribution in [0.2, 0.25) is 0 Å². The fourth-order valence-electron chi connectivity index (χ4n) is 2.27. The number of carbonyl (C=O) groups is 3. The van der Waals surface area contributed by atoms with Gasteiger partial charge in [0.1, 0.15) is 5.57 Å². The van der Waals surface area contributed by atoms with Crippen LogP contribution < -0.4 is 10.2 Å². The Kier molecular flexibility index (Phi) is 3.83. The highest BCUT2D eigenvalue weighted by Gasteiger charge is 2.36. The lowest BCUT2D eigenvalue weighted by Gasteiger charge is -2.26. The number of benzene rings is 1. The van der Waals surface area contributed by atoms with Crippen molar-refractivity contribution in [2.75, 3.05) is 4.90 Å². The summed E-state index contributed by atoms with van der Waals surface area (Å²) in [4.78, 5) is 38.5. The normalized spacial score (nSPS) is 16.9. The second kappa shape index (κ2) is 5.81. The number of carbonyl (C=O) groups excluding carboxylic acids is 3. The average molecular weight is 326 g/mol. The Hall–Kier alpha value is -2.73. The molecule has 1 aliphatic heterocycles. The molecule has 1 aromatic heterocycles. The van der Waals surface area contributed by atoms with E-state index in [1.807, 2.05) is 31.4 Å². The molecule has 2 aromatic rings. The largest absolute Gasteiger partial charge is 0.335 e. The first-order valence-electron chi connectivity index (χ1n) is 6.99. The fraction of sp³-hybridized carbons (Fsp3) is 0.118. The van der Waals surface area contributed by atoms with Crippen molar-refractivity contribution in [3.63, 3.8) is 0 Å². The molecule has 0 spiro atoms. The summed E-state index contributed by atoms with van der Waals surface area (Å²) >= 11 is 1.41. The summed E-state index contributed by atoms with van der Waals surface area (Å²) in [6, 6.07) is 8.18. The second-order valence-corrected chi connectivity index (χ2v) is 6.22. The number of nitrogens with one attached hydrogen (secondary N) is 1. The molecule has 0 bridgehead atoms. The number of thiophene rings is 1. The molecule has 4 amide bonds. The van der Waals surface area contributed by atoms with E-state index in [0.717, 1.165) is 20.9 Å². The van der Waals surface area contributed by atoms with Crippen LogP contribution in [0.3, 0.4) is 0 Å². The summed E-state index contributed by atoms with van der Waals surface area (Å²) in [7, 11) is 0. The van der Waals surface area contributed by atoms with Crippen LogP contribution in [0, 0.1) is 13.8 Å². The number of hydrogen-bond donors (Lipinski definition) is 1. The van der Waals surface area contributed by atoms with Gasteiger partial charge in [-0.3, -0.25) is 14.9 Å². The lowest BCUT2D eigenvalue weighted by molar-refractivity contribution is -0.122. The number of amides is 4. The highest BCUT2D eigenvalue weighted by Crippen LogP contribution is 2.24. The number of imide groups is 2. The molecule has 1 aromatic carbocycles. The Balaban J connectivity index is 2.03. The summed E-state index contributed by atoms with van der Waals surface area (Å²) in [5.41, 5.74) is 2.42. The van der Waals surface area contributed by atoms with Gasteiger partial charge in [0.05, 0.1) is 5.69 Å². The molecule has 23 heavy (non-hydrogen) atoms. The molecule has 0 unspecified atom stereocenters. The maximum absolute atomic E-state index is 12.6. The van der Waals surface area contributed by atoms with Crippen molar-refractivity contribution in [2.45, 2.75) is 13.8 Å². The molecule has 5 nitrogen and oxygen atoms in total. The molecule has 0 atom stereocenters. The highest BCUT2D eigenvalue weighted by molar-refractivity contribution is 7.10. The van der Waals surface area contributed by atoms with E-state index in [4.69, 9.17) is 0 Å². The second-order valence-electron chi connectivity index (χ2n) is 5.24. The smallest absolute Gasteiger partial charge is 0.273 e. The Morgan fingerprint density at radius 1 is 1.09 bits per heavy atom. The van der Waals surface area contributed by atoms with Crippen molar-refractivity contribution in [1.82, 2.24) is 5.32 Å². The Bertz CT molecular complexity index is 838. The number of anilines is 1. The summed E-state index contributed by atoms with van der Waals surface area (Å²) in [5.74, 6) is -1.29. The third kappa shape index (κ3) is 2.80. The van der Waals surface area contributed by atoms with E-state index < -0.39 is 17.8 Å². The van der Waals surface area contributed by atoms with E-state index in [1.165, 1.54) is 17.4 Å². The summed E-state index contributed by atoms with van der Waals surface area (Å²) < 4.78 is 0. The van der Waals surface area contributed by atoms with Crippen LogP contribution >= 0.6 is 11.3 Å². The first-order valence-corrected chi connectivity index (χ1v) is 7.87. The van der Waals surface area contributed by atoms with Gasteiger partial charge in [-0.15, -0.1) is 11.3 Å². The Morgan fingerprint density at radius 2 is 1.87 bits per heavy atom. The van der Waals surface area contributed by atoms with Crippen LogP contribution in [0.15, 0.2) is 41.3 Å². The monoisotopic (exact) mass is 326 g/mol. The quantitative estimate of drug-likeness (QED) is 0.681. The molecule has 0 aliphatic carbocycles. The third-order valence-corrected chi connectivity index (χ3v) is 4.50. The number of aryl methyl sites for hydroxylation is 2. The number of rotatable bonds is 2. The molecule has 1 aliphatic rings. The van der Waals surface area contributed by atoms with Crippen LogP contribution in [0.1, 0.15) is 16.0 Å². The van der Waals surface area contributed by atoms with Crippen LogP contribution in [0.25, 0.3) is 6.08 Å². The minimum Gasteiger partial charge on any atom is -0.273 e. The van der Waals surface area contributed by atoms with Crippen molar-refractivity contribution in [3.8, 4) is 0 Å². The van der Waals surface area contributed by atoms with Gasteiger partial charge in [0.15, 0.2) is 0 Å². The SMILES string of the molecule is Cc1ccc(N2C(=O)NC(=O)C(=Cc3cccs3)C2=O)cc1C. The Labute approximate surface area is 137 Å². The van der Waals surface area contributed by atoms with Gasteiger partial charge in [-0.25, -0.2) is 9.69 Å². The standard InChI is InChI=1S/C17H14N2O3S/c1-10-5-6-12(8-11(10)2)19-16(21)14(15(20)18-17(19)22)9-13-4-3-7-23-13/h3-9H,1-2H3,(H,18,20,22). The Morgan fingerprint density at radius 3 is 2.52 bits per heavy atom. The van der Waals surface area contributed by atoms with Crippen molar-refractivity contribution < 1.29 is 14.4 Å². The van der Waals surface area contributed by atoms with Gasteiger partial charge in [-0.05, 0) is 54.6 Å². The molecule has 2 heterocycles. The predicted molar refractivity (Wildman–Crippen MR) is 89.2 cm³/mol. The van der Waals surface area contributed by atoms with Crippen molar-refractivity contribution in [1.29, 1.82) is 0 Å². The minimum absolute atomic E-state index is 0.0507. The predicted octanol–water partition coefficient (Wildman–Crippen LogP) is 3.03. The van der Waals surface area contributed by atoms with Gasteiger partial charge < -0.3 is 0 Å². The van der Waals surface area contributed by atoms with Crippen LogP contribution in [-0.4, -0.2) is 17.8 Å². The molecule has 116 valence electrons. The molecule has 6 heteroatoms. The molecule has 0 radical (unpaired) electrons. The average Bonchev–Trinajstić information content (AvgIpc) is 3.00. The maximum atomic E-state index is 12.6. The first-order chi connectivity index (χ1) is 11.0. The van der Waals surface area contributed by atoms with Crippen LogP contribution in [0.5, 0.6) is 0 Å². The zero-order chi connectivity index (χ0) is 16.6. The summed E-state index contributed by atoms with van der Waals surface area (Å²) in [6.45, 7) is 3.85. The molecule has 1 saturated heterocycles. The number of hydrogen-bond acceptors (Lipinski definition) is 4. The van der Waals surface area contributed by atoms with Crippen LogP contribution in [-0.2, 0) is 9.59 Å². The van der Waals surface area contributed by atoms with Crippen molar-refractivity contribution in [2.24, 2.45) is 0 Å². The third-order valence-electron chi connectivity index (χ3n) is 3.68. The number of barbiturate groups is 1. The van der Waals surface area contributed by atoms with Gasteiger partial charge >= 0.3 is 6.03 Å². The van der Waals surface area contributed by atoms with Crippen LogP contribution in [0.4, 0.5) is 10.5 Å². The minimum atomic E-state index is -0.730. The molecule has 1 N–H and O–H groups in total. The fourth-order valence-corrected chi connectivity index (χ4v) is 2.93. The van der Waals surface area contributed by atoms with E-state index in [9.17, 15) is 14.4 Å². The van der Waals surface area contributed by atoms with E-state index in [-0.39, 0.29) is 5.57 Å². The van der Waals surface area contributed by atoms with Crippen molar-refractivity contribution >= 4 is 40.9 Å². The molecule has 1 fully saturated rings. The number of nitrogens with zero attached hydrogens (tertiary/aromatic N) is 1. The van der Waals surface area contributed by atoms with E-state index in [2.05, 4.69) is 5.32 Å². The van der Waals surface area contributed by atoms with Crippen molar-refractivity contribution in [3.05, 3.63) is 57.3 Å². The van der Waals surface area contributed by atoms with Gasteiger partial charge in [0.25, 0.3) is 11.8 Å². The molecular formula is C17H14N2O3S. The van der Waals surface area contributed by atoms with Gasteiger partial charge in [-0.2, -0.15) is 0 Å². The van der Waals surface area contributed by atoms with Gasteiger partial charge in [-0.1, -0.05) is 12.1 Å². The summed E-state index contributed by atoms with van der Waals surface area (Å²) in [5, 5.41) is 4.07. The van der Waals surface area contributed by atoms with E-state index in [0.29, 0.717) is 5.69 Å². The van der Waals surface area contributed by atoms with E-state index >= 15 is 0 Å². The first kappa shape index (κ1) is 15.2. The lowest BCUT2D eigenvalue weighted by atomic mass is 10.1. The lowest BCUT2D eigenvalue weighted by Crippen LogP contribution is -2.54. The molecular weight excluding hydrogens is 312 g/mol. The zero-order valence-corrected chi connectivity index (χ0v) is 13.4. The van der Waals surface area contributed by atoms with E-state index in [1.54, 1.807) is 18.2 Å². The molecule has 3 rings (SSSR count). The van der Waals surface area contributed by atoms with Gasteiger partial charge in [0.2, 0.25) is 0 Å². The number of urea groups is 1.